The summed E-state index contributed by atoms with van der Waals surface area (Å²) in [5, 5.41) is 12.6. The van der Waals surface area contributed by atoms with E-state index in [-0.39, 0.29) is 12.3 Å². The second kappa shape index (κ2) is 7.44. The standard InChI is InChI=1S/C21H24N6OS/c1-5-23-17(28)10-16-20-26-25-13(4)27(20)21-18(11(2)12(3)29-21)19(24-16)14-6-8-15(22)9-7-14/h6-9,16H,5,10,22H2,1-4H3,(H,23,28)/t16-/m0/s1. The van der Waals surface area contributed by atoms with Gasteiger partial charge in [0.1, 0.15) is 16.9 Å². The van der Waals surface area contributed by atoms with E-state index in [1.54, 1.807) is 11.3 Å². The molecule has 0 aliphatic carbocycles. The predicted octanol–water partition coefficient (Wildman–Crippen LogP) is 3.25. The molecule has 1 atom stereocenters. The number of carbonyl (C=O) groups excluding carboxylic acids is 1. The molecule has 1 aliphatic heterocycles. The first-order valence-corrected chi connectivity index (χ1v) is 10.4. The summed E-state index contributed by atoms with van der Waals surface area (Å²) >= 11 is 1.70. The number of aliphatic imine (C=N–C) groups is 1. The van der Waals surface area contributed by atoms with E-state index in [9.17, 15) is 4.79 Å². The lowest BCUT2D eigenvalue weighted by atomic mass is 9.99. The fourth-order valence-corrected chi connectivity index (χ4v) is 4.82. The van der Waals surface area contributed by atoms with Gasteiger partial charge in [-0.15, -0.1) is 21.5 Å². The number of benzene rings is 1. The molecule has 0 saturated carbocycles. The van der Waals surface area contributed by atoms with E-state index in [1.807, 2.05) is 38.1 Å². The molecule has 29 heavy (non-hydrogen) atoms. The molecule has 3 heterocycles. The number of hydrogen-bond donors (Lipinski definition) is 2. The van der Waals surface area contributed by atoms with Crippen molar-refractivity contribution in [1.29, 1.82) is 0 Å². The highest BCUT2D eigenvalue weighted by Crippen LogP contribution is 2.39. The molecule has 1 aliphatic rings. The van der Waals surface area contributed by atoms with Crippen molar-refractivity contribution in [2.45, 2.75) is 40.2 Å². The Morgan fingerprint density at radius 3 is 2.62 bits per heavy atom. The van der Waals surface area contributed by atoms with Gasteiger partial charge >= 0.3 is 0 Å². The second-order valence-electron chi connectivity index (χ2n) is 7.18. The zero-order valence-corrected chi connectivity index (χ0v) is 17.8. The number of carbonyl (C=O) groups is 1. The van der Waals surface area contributed by atoms with Crippen LogP contribution in [0.25, 0.3) is 5.00 Å². The van der Waals surface area contributed by atoms with Crippen LogP contribution in [0, 0.1) is 20.8 Å². The lowest BCUT2D eigenvalue weighted by Crippen LogP contribution is -2.25. The number of rotatable bonds is 4. The fraction of sp³-hybridized carbons (Fsp3) is 0.333. The second-order valence-corrected chi connectivity index (χ2v) is 8.38. The molecular formula is C21H24N6OS. The number of nitrogens with zero attached hydrogens (tertiary/aromatic N) is 4. The highest BCUT2D eigenvalue weighted by Gasteiger charge is 2.32. The van der Waals surface area contributed by atoms with E-state index in [4.69, 9.17) is 10.7 Å². The molecule has 2 aromatic heterocycles. The van der Waals surface area contributed by atoms with Crippen LogP contribution in [0.1, 0.15) is 52.6 Å². The van der Waals surface area contributed by atoms with Gasteiger partial charge in [0.05, 0.1) is 12.1 Å². The molecular weight excluding hydrogens is 384 g/mol. The van der Waals surface area contributed by atoms with Gasteiger partial charge < -0.3 is 11.1 Å². The van der Waals surface area contributed by atoms with Crippen molar-refractivity contribution in [2.75, 3.05) is 12.3 Å². The largest absolute Gasteiger partial charge is 0.399 e. The van der Waals surface area contributed by atoms with Crippen LogP contribution in [0.3, 0.4) is 0 Å². The van der Waals surface area contributed by atoms with Crippen molar-refractivity contribution in [1.82, 2.24) is 20.1 Å². The summed E-state index contributed by atoms with van der Waals surface area (Å²) in [7, 11) is 0. The van der Waals surface area contributed by atoms with Crippen LogP contribution in [0.4, 0.5) is 5.69 Å². The number of thiophene rings is 1. The quantitative estimate of drug-likeness (QED) is 0.648. The van der Waals surface area contributed by atoms with Gasteiger partial charge in [0, 0.05) is 28.2 Å². The molecule has 1 amide bonds. The number of amides is 1. The highest BCUT2D eigenvalue weighted by atomic mass is 32.1. The third-order valence-corrected chi connectivity index (χ3v) is 6.37. The van der Waals surface area contributed by atoms with E-state index in [1.165, 1.54) is 10.4 Å². The minimum absolute atomic E-state index is 0.0525. The first kappa shape index (κ1) is 19.3. The molecule has 7 nitrogen and oxygen atoms in total. The van der Waals surface area contributed by atoms with Crippen LogP contribution in [-0.4, -0.2) is 32.9 Å². The third-order valence-electron chi connectivity index (χ3n) is 5.18. The normalized spacial score (nSPS) is 15.3. The summed E-state index contributed by atoms with van der Waals surface area (Å²) in [6, 6.07) is 7.29. The number of nitrogens with one attached hydrogen (secondary N) is 1. The molecule has 150 valence electrons. The molecule has 0 fully saturated rings. The molecule has 3 aromatic rings. The summed E-state index contributed by atoms with van der Waals surface area (Å²) in [5.74, 6) is 1.43. The summed E-state index contributed by atoms with van der Waals surface area (Å²) in [5.41, 5.74) is 10.7. The first-order valence-electron chi connectivity index (χ1n) is 9.63. The number of nitrogen functional groups attached to an aromatic ring is 1. The van der Waals surface area contributed by atoms with Crippen LogP contribution in [-0.2, 0) is 4.79 Å². The lowest BCUT2D eigenvalue weighted by Gasteiger charge is -2.12. The maximum absolute atomic E-state index is 12.4. The Balaban J connectivity index is 1.96. The van der Waals surface area contributed by atoms with Crippen LogP contribution < -0.4 is 11.1 Å². The Hall–Kier alpha value is -3.00. The number of aromatic nitrogens is 3. The Morgan fingerprint density at radius 2 is 1.93 bits per heavy atom. The van der Waals surface area contributed by atoms with Crippen molar-refractivity contribution in [3.05, 3.63) is 57.5 Å². The molecule has 0 saturated heterocycles. The van der Waals surface area contributed by atoms with Crippen molar-refractivity contribution in [3.63, 3.8) is 0 Å². The summed E-state index contributed by atoms with van der Waals surface area (Å²) in [6.45, 7) is 8.64. The van der Waals surface area contributed by atoms with Crippen LogP contribution in [0.5, 0.6) is 0 Å². The zero-order valence-electron chi connectivity index (χ0n) is 17.0. The smallest absolute Gasteiger partial charge is 0.222 e. The molecule has 0 radical (unpaired) electrons. The molecule has 0 unspecified atom stereocenters. The van der Waals surface area contributed by atoms with E-state index in [0.717, 1.165) is 27.7 Å². The lowest BCUT2D eigenvalue weighted by molar-refractivity contribution is -0.121. The van der Waals surface area contributed by atoms with Crippen molar-refractivity contribution >= 4 is 28.6 Å². The average molecular weight is 409 g/mol. The molecule has 8 heteroatoms. The topological polar surface area (TPSA) is 98.2 Å². The SMILES string of the molecule is CCNC(=O)C[C@@H]1N=C(c2ccc(N)cc2)c2c(sc(C)c2C)-n2c(C)nnc21. The van der Waals surface area contributed by atoms with E-state index in [2.05, 4.69) is 33.9 Å². The molecule has 1 aromatic carbocycles. The van der Waals surface area contributed by atoms with Crippen LogP contribution >= 0.6 is 11.3 Å². The number of fused-ring (bicyclic) bond motifs is 3. The van der Waals surface area contributed by atoms with Gasteiger partial charge in [-0.05, 0) is 45.4 Å². The molecule has 4 rings (SSSR count). The Kier molecular flexibility index (Phi) is 4.96. The van der Waals surface area contributed by atoms with Gasteiger partial charge in [-0.25, -0.2) is 0 Å². The number of nitrogens with two attached hydrogens (primary N) is 1. The van der Waals surface area contributed by atoms with Gasteiger partial charge in [0.15, 0.2) is 5.82 Å². The number of hydrogen-bond acceptors (Lipinski definition) is 6. The Morgan fingerprint density at radius 1 is 1.21 bits per heavy atom. The van der Waals surface area contributed by atoms with E-state index in [0.29, 0.717) is 18.1 Å². The van der Waals surface area contributed by atoms with Crippen LogP contribution in [0.2, 0.25) is 0 Å². The molecule has 0 spiro atoms. The Labute approximate surface area is 173 Å². The van der Waals surface area contributed by atoms with Crippen molar-refractivity contribution in [3.8, 4) is 5.00 Å². The average Bonchev–Trinajstić information content (AvgIpc) is 3.15. The minimum Gasteiger partial charge on any atom is -0.399 e. The zero-order chi connectivity index (χ0) is 20.7. The van der Waals surface area contributed by atoms with E-state index >= 15 is 0 Å². The number of anilines is 1. The third kappa shape index (κ3) is 3.33. The fourth-order valence-electron chi connectivity index (χ4n) is 3.61. The van der Waals surface area contributed by atoms with Gasteiger partial charge in [-0.1, -0.05) is 12.1 Å². The van der Waals surface area contributed by atoms with Crippen molar-refractivity contribution in [2.24, 2.45) is 4.99 Å². The van der Waals surface area contributed by atoms with Crippen LogP contribution in [0.15, 0.2) is 29.3 Å². The van der Waals surface area contributed by atoms with Gasteiger partial charge in [-0.3, -0.25) is 14.4 Å². The summed E-state index contributed by atoms with van der Waals surface area (Å²) in [4.78, 5) is 18.7. The monoisotopic (exact) mass is 408 g/mol. The summed E-state index contributed by atoms with van der Waals surface area (Å²) in [6.07, 6.45) is 0.220. The first-order chi connectivity index (χ1) is 13.9. The van der Waals surface area contributed by atoms with Gasteiger partial charge in [-0.2, -0.15) is 0 Å². The van der Waals surface area contributed by atoms with E-state index < -0.39 is 6.04 Å². The predicted molar refractivity (Wildman–Crippen MR) is 116 cm³/mol. The highest BCUT2D eigenvalue weighted by molar-refractivity contribution is 7.15. The van der Waals surface area contributed by atoms with Gasteiger partial charge in [0.2, 0.25) is 5.91 Å². The summed E-state index contributed by atoms with van der Waals surface area (Å²) < 4.78 is 2.05. The van der Waals surface area contributed by atoms with Gasteiger partial charge in [0.25, 0.3) is 0 Å². The Bertz CT molecular complexity index is 1110. The maximum Gasteiger partial charge on any atom is 0.222 e. The molecule has 0 bridgehead atoms. The number of aryl methyl sites for hydroxylation is 2. The molecule has 3 N–H and O–H groups in total. The maximum atomic E-state index is 12.4. The van der Waals surface area contributed by atoms with Crippen molar-refractivity contribution < 1.29 is 4.79 Å². The minimum atomic E-state index is -0.422.